The van der Waals surface area contributed by atoms with Crippen LogP contribution in [-0.4, -0.2) is 58.1 Å². The largest absolute Gasteiger partial charge is 0.447 e. The van der Waals surface area contributed by atoms with E-state index in [0.29, 0.717) is 41.7 Å². The van der Waals surface area contributed by atoms with E-state index in [2.05, 4.69) is 19.9 Å². The third-order valence-electron chi connectivity index (χ3n) is 5.80. The molecule has 2 aliphatic rings. The molecule has 2 saturated heterocycles. The molecule has 2 aromatic rings. The molecule has 1 atom stereocenters. The van der Waals surface area contributed by atoms with Gasteiger partial charge in [0.2, 0.25) is 0 Å². The molecule has 29 heavy (non-hydrogen) atoms. The molecular weight excluding hydrogens is 388 g/mol. The highest BCUT2D eigenvalue weighted by Gasteiger charge is 2.41. The number of cyclic esters (lactones) is 1. The molecule has 1 unspecified atom stereocenters. The number of nitriles is 1. The number of carbonyl (C=O) groups excluding carboxylic acids is 2. The van der Waals surface area contributed by atoms with Crippen LogP contribution >= 0.6 is 11.3 Å². The molecule has 0 aliphatic carbocycles. The maximum atomic E-state index is 13.2. The zero-order chi connectivity index (χ0) is 20.5. The lowest BCUT2D eigenvalue weighted by Gasteiger charge is -2.38. The number of likely N-dealkylation sites (tertiary alicyclic amines) is 1. The van der Waals surface area contributed by atoms with Gasteiger partial charge < -0.3 is 14.2 Å². The van der Waals surface area contributed by atoms with Gasteiger partial charge in [-0.05, 0) is 30.9 Å². The number of hydrogen-bond acceptors (Lipinski definition) is 5. The zero-order valence-electron chi connectivity index (χ0n) is 16.6. The SMILES string of the molecule is CC(C)C1COC(=O)N1C1CCN(C(=O)c2scc(C#N)c2-n2cccc2)CC1. The summed E-state index contributed by atoms with van der Waals surface area (Å²) in [6.07, 6.45) is 4.92. The Bertz CT molecular complexity index is 936. The Hall–Kier alpha value is -2.79. The van der Waals surface area contributed by atoms with E-state index in [-0.39, 0.29) is 24.1 Å². The number of piperidine rings is 1. The minimum absolute atomic E-state index is 0.0527. The van der Waals surface area contributed by atoms with Crippen molar-refractivity contribution in [3.63, 3.8) is 0 Å². The van der Waals surface area contributed by atoms with Crippen LogP contribution in [0, 0.1) is 17.2 Å². The van der Waals surface area contributed by atoms with E-state index in [1.54, 1.807) is 5.38 Å². The second-order valence-corrected chi connectivity index (χ2v) is 8.73. The third kappa shape index (κ3) is 3.51. The Morgan fingerprint density at radius 2 is 1.97 bits per heavy atom. The van der Waals surface area contributed by atoms with Crippen LogP contribution in [0.5, 0.6) is 0 Å². The average Bonchev–Trinajstić information content (AvgIpc) is 3.46. The minimum atomic E-state index is -0.236. The molecule has 2 amide bonds. The van der Waals surface area contributed by atoms with Gasteiger partial charge >= 0.3 is 6.09 Å². The van der Waals surface area contributed by atoms with Crippen LogP contribution in [0.25, 0.3) is 5.69 Å². The van der Waals surface area contributed by atoms with Crippen molar-refractivity contribution >= 4 is 23.3 Å². The Labute approximate surface area is 174 Å². The predicted octanol–water partition coefficient (Wildman–Crippen LogP) is 3.49. The summed E-state index contributed by atoms with van der Waals surface area (Å²) < 4.78 is 7.11. The molecule has 4 heterocycles. The van der Waals surface area contributed by atoms with Crippen LogP contribution in [0.15, 0.2) is 29.9 Å². The maximum Gasteiger partial charge on any atom is 0.410 e. The highest BCUT2D eigenvalue weighted by atomic mass is 32.1. The lowest BCUT2D eigenvalue weighted by Crippen LogP contribution is -2.50. The van der Waals surface area contributed by atoms with Gasteiger partial charge in [-0.3, -0.25) is 9.69 Å². The topological polar surface area (TPSA) is 78.6 Å². The normalized spacial score (nSPS) is 20.2. The maximum absolute atomic E-state index is 13.2. The van der Waals surface area contributed by atoms with E-state index in [9.17, 15) is 14.9 Å². The second kappa shape index (κ2) is 7.91. The van der Waals surface area contributed by atoms with Crippen molar-refractivity contribution in [2.75, 3.05) is 19.7 Å². The first-order valence-corrected chi connectivity index (χ1v) is 10.8. The number of carbonyl (C=O) groups is 2. The Balaban J connectivity index is 1.49. The van der Waals surface area contributed by atoms with Crippen molar-refractivity contribution in [1.29, 1.82) is 5.26 Å². The number of aromatic nitrogens is 1. The summed E-state index contributed by atoms with van der Waals surface area (Å²) in [5.74, 6) is 0.281. The Morgan fingerprint density at radius 1 is 1.28 bits per heavy atom. The smallest absolute Gasteiger partial charge is 0.410 e. The van der Waals surface area contributed by atoms with E-state index in [0.717, 1.165) is 12.8 Å². The number of hydrogen-bond donors (Lipinski definition) is 0. The highest BCUT2D eigenvalue weighted by molar-refractivity contribution is 7.12. The van der Waals surface area contributed by atoms with Gasteiger partial charge in [-0.25, -0.2) is 4.79 Å². The molecule has 8 heteroatoms. The fraction of sp³-hybridized carbons (Fsp3) is 0.476. The quantitative estimate of drug-likeness (QED) is 0.770. The first-order valence-electron chi connectivity index (χ1n) is 9.90. The van der Waals surface area contributed by atoms with Crippen molar-refractivity contribution in [2.24, 2.45) is 5.92 Å². The van der Waals surface area contributed by atoms with E-state index in [4.69, 9.17) is 4.74 Å². The lowest BCUT2D eigenvalue weighted by molar-refractivity contribution is 0.0624. The fourth-order valence-electron chi connectivity index (χ4n) is 4.19. The Kier molecular flexibility index (Phi) is 5.33. The molecule has 2 aliphatic heterocycles. The summed E-state index contributed by atoms with van der Waals surface area (Å²) in [4.78, 5) is 29.7. The van der Waals surface area contributed by atoms with Gasteiger partial charge in [0.15, 0.2) is 0 Å². The first-order chi connectivity index (χ1) is 14.0. The molecule has 7 nitrogen and oxygen atoms in total. The van der Waals surface area contributed by atoms with Gasteiger partial charge in [0.05, 0.1) is 17.3 Å². The number of ether oxygens (including phenoxy) is 1. The molecule has 0 aromatic carbocycles. The zero-order valence-corrected chi connectivity index (χ0v) is 17.4. The first kappa shape index (κ1) is 19.5. The summed E-state index contributed by atoms with van der Waals surface area (Å²) >= 11 is 1.31. The summed E-state index contributed by atoms with van der Waals surface area (Å²) in [6.45, 7) is 5.82. The molecule has 0 bridgehead atoms. The van der Waals surface area contributed by atoms with Gasteiger partial charge in [0.25, 0.3) is 5.91 Å². The number of rotatable bonds is 4. The summed E-state index contributed by atoms with van der Waals surface area (Å²) in [7, 11) is 0. The van der Waals surface area contributed by atoms with Gasteiger partial charge in [0, 0.05) is 36.9 Å². The molecular formula is C21H24N4O3S. The van der Waals surface area contributed by atoms with Crippen LogP contribution < -0.4 is 0 Å². The molecule has 0 saturated carbocycles. The van der Waals surface area contributed by atoms with Crippen LogP contribution in [-0.2, 0) is 4.74 Å². The van der Waals surface area contributed by atoms with E-state index in [1.165, 1.54) is 11.3 Å². The van der Waals surface area contributed by atoms with Crippen LogP contribution in [0.1, 0.15) is 41.9 Å². The molecule has 0 radical (unpaired) electrons. The van der Waals surface area contributed by atoms with Gasteiger partial charge in [-0.1, -0.05) is 13.8 Å². The van der Waals surface area contributed by atoms with Crippen molar-refractivity contribution in [2.45, 2.75) is 38.8 Å². The number of thiophene rings is 1. The van der Waals surface area contributed by atoms with E-state index >= 15 is 0 Å². The van der Waals surface area contributed by atoms with Crippen molar-refractivity contribution in [1.82, 2.24) is 14.4 Å². The predicted molar refractivity (Wildman–Crippen MR) is 109 cm³/mol. The number of amides is 2. The van der Waals surface area contributed by atoms with Crippen molar-refractivity contribution < 1.29 is 14.3 Å². The fourth-order valence-corrected chi connectivity index (χ4v) is 5.15. The van der Waals surface area contributed by atoms with Gasteiger partial charge in [-0.15, -0.1) is 11.3 Å². The summed E-state index contributed by atoms with van der Waals surface area (Å²) in [6, 6.07) is 6.14. The van der Waals surface area contributed by atoms with Crippen molar-refractivity contribution in [3.8, 4) is 11.8 Å². The average molecular weight is 413 g/mol. The van der Waals surface area contributed by atoms with Gasteiger partial charge in [0.1, 0.15) is 17.6 Å². The standard InChI is InChI=1S/C21H24N4O3S/c1-14(2)17-12-28-21(27)25(17)16-5-9-24(10-6-16)20(26)19-18(15(11-22)13-29-19)23-7-3-4-8-23/h3-4,7-8,13-14,16-17H,5-6,9-10,12H2,1-2H3. The molecule has 4 rings (SSSR count). The minimum Gasteiger partial charge on any atom is -0.447 e. The molecule has 0 N–H and O–H groups in total. The molecule has 2 aromatic heterocycles. The summed E-state index contributed by atoms with van der Waals surface area (Å²) in [5.41, 5.74) is 1.15. The Morgan fingerprint density at radius 3 is 2.59 bits per heavy atom. The van der Waals surface area contributed by atoms with E-state index in [1.807, 2.05) is 38.9 Å². The van der Waals surface area contributed by atoms with Crippen LogP contribution in [0.3, 0.4) is 0 Å². The number of nitrogens with zero attached hydrogens (tertiary/aromatic N) is 4. The van der Waals surface area contributed by atoms with E-state index < -0.39 is 0 Å². The molecule has 2 fully saturated rings. The summed E-state index contributed by atoms with van der Waals surface area (Å²) in [5, 5.41) is 11.2. The molecule has 152 valence electrons. The van der Waals surface area contributed by atoms with Crippen LogP contribution in [0.2, 0.25) is 0 Å². The monoisotopic (exact) mass is 412 g/mol. The van der Waals surface area contributed by atoms with Crippen molar-refractivity contribution in [3.05, 3.63) is 40.3 Å². The van der Waals surface area contributed by atoms with Gasteiger partial charge in [-0.2, -0.15) is 5.26 Å². The van der Waals surface area contributed by atoms with Crippen LogP contribution in [0.4, 0.5) is 4.79 Å². The molecule has 0 spiro atoms. The highest BCUT2D eigenvalue weighted by Crippen LogP contribution is 2.31. The second-order valence-electron chi connectivity index (χ2n) is 7.85. The lowest BCUT2D eigenvalue weighted by atomic mass is 9.97. The third-order valence-corrected chi connectivity index (χ3v) is 6.76.